The van der Waals surface area contributed by atoms with E-state index >= 15 is 0 Å². The summed E-state index contributed by atoms with van der Waals surface area (Å²) in [6.07, 6.45) is 3.07. The summed E-state index contributed by atoms with van der Waals surface area (Å²) < 4.78 is 31.0. The van der Waals surface area contributed by atoms with Crippen molar-refractivity contribution in [2.45, 2.75) is 50.7 Å². The Morgan fingerprint density at radius 1 is 1.50 bits per heavy atom. The summed E-state index contributed by atoms with van der Waals surface area (Å²) in [5.74, 6) is -3.39. The first-order valence-electron chi connectivity index (χ1n) is 5.93. The van der Waals surface area contributed by atoms with Crippen molar-refractivity contribution in [2.75, 3.05) is 13.1 Å². The molecule has 0 aliphatic carbocycles. The van der Waals surface area contributed by atoms with Gasteiger partial charge in [0.25, 0.3) is 5.92 Å². The lowest BCUT2D eigenvalue weighted by atomic mass is 10.1. The standard InChI is InChI=1S/C11H20F2N2O2.ClH/c1-8-2-3-9(17-8)4-5-10(16)15-7-11(12,13)6-14;/h8-9H,2-7,14H2,1H3,(H,15,16);1H. The monoisotopic (exact) mass is 286 g/mol. The van der Waals surface area contributed by atoms with Crippen LogP contribution in [0.15, 0.2) is 0 Å². The van der Waals surface area contributed by atoms with Crippen molar-refractivity contribution in [3.8, 4) is 0 Å². The molecule has 18 heavy (non-hydrogen) atoms. The third-order valence-electron chi connectivity index (χ3n) is 2.86. The zero-order valence-electron chi connectivity index (χ0n) is 10.5. The first-order valence-corrected chi connectivity index (χ1v) is 5.93. The smallest absolute Gasteiger partial charge is 0.277 e. The Balaban J connectivity index is 0.00000289. The molecule has 0 aromatic carbocycles. The Labute approximate surface area is 112 Å². The van der Waals surface area contributed by atoms with Crippen LogP contribution < -0.4 is 11.1 Å². The quantitative estimate of drug-likeness (QED) is 0.777. The van der Waals surface area contributed by atoms with Gasteiger partial charge in [0.05, 0.1) is 25.3 Å². The number of nitrogens with two attached hydrogens (primary N) is 1. The van der Waals surface area contributed by atoms with Crippen LogP contribution in [0.5, 0.6) is 0 Å². The normalized spacial score (nSPS) is 23.6. The van der Waals surface area contributed by atoms with Crippen LogP contribution in [0.2, 0.25) is 0 Å². The fraction of sp³-hybridized carbons (Fsp3) is 0.909. The van der Waals surface area contributed by atoms with Crippen LogP contribution in [0.1, 0.15) is 32.6 Å². The molecule has 3 N–H and O–H groups in total. The first kappa shape index (κ1) is 17.5. The second-order valence-corrected chi connectivity index (χ2v) is 4.52. The maximum absolute atomic E-state index is 12.7. The number of rotatable bonds is 6. The van der Waals surface area contributed by atoms with Gasteiger partial charge < -0.3 is 15.8 Å². The fourth-order valence-corrected chi connectivity index (χ4v) is 1.78. The molecule has 0 spiro atoms. The third kappa shape index (κ3) is 6.47. The van der Waals surface area contributed by atoms with E-state index in [-0.39, 0.29) is 36.9 Å². The topological polar surface area (TPSA) is 64.4 Å². The largest absolute Gasteiger partial charge is 0.375 e. The number of carbonyl (C=O) groups is 1. The molecule has 1 aliphatic rings. The van der Waals surface area contributed by atoms with Gasteiger partial charge in [0, 0.05) is 6.42 Å². The average Bonchev–Trinajstić information content (AvgIpc) is 2.70. The minimum Gasteiger partial charge on any atom is -0.375 e. The molecule has 1 amide bonds. The van der Waals surface area contributed by atoms with E-state index < -0.39 is 19.0 Å². The van der Waals surface area contributed by atoms with Gasteiger partial charge in [-0.1, -0.05) is 0 Å². The minimum atomic E-state index is -3.02. The molecule has 7 heteroatoms. The predicted molar refractivity (Wildman–Crippen MR) is 67.1 cm³/mol. The van der Waals surface area contributed by atoms with Gasteiger partial charge in [0.1, 0.15) is 0 Å². The summed E-state index contributed by atoms with van der Waals surface area (Å²) in [4.78, 5) is 11.3. The van der Waals surface area contributed by atoms with Gasteiger partial charge in [-0.3, -0.25) is 4.79 Å². The number of halogens is 3. The summed E-state index contributed by atoms with van der Waals surface area (Å²) in [6, 6.07) is 0. The molecule has 4 nitrogen and oxygen atoms in total. The van der Waals surface area contributed by atoms with Crippen LogP contribution in [-0.2, 0) is 9.53 Å². The number of hydrogen-bond acceptors (Lipinski definition) is 3. The van der Waals surface area contributed by atoms with Crippen molar-refractivity contribution < 1.29 is 18.3 Å². The van der Waals surface area contributed by atoms with Gasteiger partial charge in [0.2, 0.25) is 5.91 Å². The molecular formula is C11H21ClF2N2O2. The van der Waals surface area contributed by atoms with Crippen molar-refractivity contribution >= 4 is 18.3 Å². The van der Waals surface area contributed by atoms with Gasteiger partial charge >= 0.3 is 0 Å². The molecular weight excluding hydrogens is 266 g/mol. The Hall–Kier alpha value is -0.460. The molecule has 2 unspecified atom stereocenters. The zero-order chi connectivity index (χ0) is 12.9. The number of alkyl halides is 2. The Kier molecular flexibility index (Phi) is 7.66. The Morgan fingerprint density at radius 2 is 2.17 bits per heavy atom. The van der Waals surface area contributed by atoms with Gasteiger partial charge in [-0.2, -0.15) is 0 Å². The van der Waals surface area contributed by atoms with Crippen molar-refractivity contribution in [3.63, 3.8) is 0 Å². The summed E-state index contributed by atoms with van der Waals surface area (Å²) in [5.41, 5.74) is 4.86. The van der Waals surface area contributed by atoms with Crippen LogP contribution >= 0.6 is 12.4 Å². The van der Waals surface area contributed by atoms with E-state index in [9.17, 15) is 13.6 Å². The van der Waals surface area contributed by atoms with Crippen molar-refractivity contribution in [2.24, 2.45) is 5.73 Å². The predicted octanol–water partition coefficient (Wildman–Crippen LogP) is 1.47. The molecule has 1 fully saturated rings. The SMILES string of the molecule is CC1CCC(CCC(=O)NCC(F)(F)CN)O1.Cl. The molecule has 1 saturated heterocycles. The second kappa shape index (κ2) is 7.86. The highest BCUT2D eigenvalue weighted by Crippen LogP contribution is 2.22. The number of carbonyl (C=O) groups excluding carboxylic acids is 1. The van der Waals surface area contributed by atoms with E-state index in [4.69, 9.17) is 10.5 Å². The summed E-state index contributed by atoms with van der Waals surface area (Å²) in [7, 11) is 0. The molecule has 1 aliphatic heterocycles. The maximum atomic E-state index is 12.7. The molecule has 1 heterocycles. The van der Waals surface area contributed by atoms with E-state index in [2.05, 4.69) is 5.32 Å². The number of nitrogens with one attached hydrogen (secondary N) is 1. The van der Waals surface area contributed by atoms with E-state index in [1.807, 2.05) is 6.92 Å². The van der Waals surface area contributed by atoms with Crippen LogP contribution in [0, 0.1) is 0 Å². The second-order valence-electron chi connectivity index (χ2n) is 4.52. The lowest BCUT2D eigenvalue weighted by molar-refractivity contribution is -0.123. The molecule has 0 aromatic heterocycles. The first-order chi connectivity index (χ1) is 7.93. The van der Waals surface area contributed by atoms with Crippen molar-refractivity contribution in [3.05, 3.63) is 0 Å². The number of ether oxygens (including phenoxy) is 1. The Morgan fingerprint density at radius 3 is 2.67 bits per heavy atom. The van der Waals surface area contributed by atoms with Crippen LogP contribution in [0.25, 0.3) is 0 Å². The highest BCUT2D eigenvalue weighted by Gasteiger charge is 2.27. The Bertz CT molecular complexity index is 267. The molecule has 0 bridgehead atoms. The summed E-state index contributed by atoms with van der Waals surface area (Å²) >= 11 is 0. The van der Waals surface area contributed by atoms with Crippen LogP contribution in [-0.4, -0.2) is 37.1 Å². The average molecular weight is 287 g/mol. The van der Waals surface area contributed by atoms with Gasteiger partial charge in [-0.15, -0.1) is 12.4 Å². The lowest BCUT2D eigenvalue weighted by Crippen LogP contribution is -2.41. The fourth-order valence-electron chi connectivity index (χ4n) is 1.78. The van der Waals surface area contributed by atoms with Gasteiger partial charge in [-0.25, -0.2) is 8.78 Å². The maximum Gasteiger partial charge on any atom is 0.277 e. The highest BCUT2D eigenvalue weighted by molar-refractivity contribution is 5.85. The van der Waals surface area contributed by atoms with Crippen LogP contribution in [0.4, 0.5) is 8.78 Å². The van der Waals surface area contributed by atoms with Crippen molar-refractivity contribution in [1.29, 1.82) is 0 Å². The number of hydrogen-bond donors (Lipinski definition) is 2. The zero-order valence-corrected chi connectivity index (χ0v) is 11.3. The van der Waals surface area contributed by atoms with Gasteiger partial charge in [-0.05, 0) is 26.2 Å². The van der Waals surface area contributed by atoms with Crippen LogP contribution in [0.3, 0.4) is 0 Å². The molecule has 0 radical (unpaired) electrons. The highest BCUT2D eigenvalue weighted by atomic mass is 35.5. The van der Waals surface area contributed by atoms with Gasteiger partial charge in [0.15, 0.2) is 0 Å². The lowest BCUT2D eigenvalue weighted by Gasteiger charge is -2.15. The molecule has 108 valence electrons. The molecule has 0 aromatic rings. The van der Waals surface area contributed by atoms with E-state index in [1.165, 1.54) is 0 Å². The molecule has 0 saturated carbocycles. The van der Waals surface area contributed by atoms with E-state index in [0.29, 0.717) is 6.42 Å². The van der Waals surface area contributed by atoms with Crippen molar-refractivity contribution in [1.82, 2.24) is 5.32 Å². The van der Waals surface area contributed by atoms with E-state index in [0.717, 1.165) is 12.8 Å². The number of amides is 1. The summed E-state index contributed by atoms with van der Waals surface area (Å²) in [6.45, 7) is 0.544. The minimum absolute atomic E-state index is 0. The third-order valence-corrected chi connectivity index (χ3v) is 2.86. The molecule has 1 rings (SSSR count). The summed E-state index contributed by atoms with van der Waals surface area (Å²) in [5, 5.41) is 2.18. The molecule has 2 atom stereocenters. The van der Waals surface area contributed by atoms with E-state index in [1.54, 1.807) is 0 Å².